The Kier molecular flexibility index (Phi) is 4.26. The molecule has 0 aliphatic carbocycles. The van der Waals surface area contributed by atoms with Crippen LogP contribution in [0.5, 0.6) is 0 Å². The van der Waals surface area contributed by atoms with Crippen LogP contribution in [-0.2, 0) is 0 Å². The largest absolute Gasteiger partial charge is 0.372 e. The first-order chi connectivity index (χ1) is 5.86. The topological polar surface area (TPSA) is 3.24 Å². The Morgan fingerprint density at radius 3 is 2.46 bits per heavy atom. The van der Waals surface area contributed by atoms with Gasteiger partial charge in [0.25, 0.3) is 0 Å². The van der Waals surface area contributed by atoms with Gasteiger partial charge in [0.1, 0.15) is 0 Å². The second kappa shape index (κ2) is 5.01. The van der Waals surface area contributed by atoms with Gasteiger partial charge >= 0.3 is 0 Å². The molecular weight excluding hydrogens is 294 g/mol. The molecule has 0 unspecified atom stereocenters. The molecule has 13 heavy (non-hydrogen) atoms. The summed E-state index contributed by atoms with van der Waals surface area (Å²) in [5, 5.41) is 0. The van der Waals surface area contributed by atoms with E-state index >= 15 is 0 Å². The number of rotatable bonds is 1. The minimum atomic E-state index is 0. The smallest absolute Gasteiger partial charge is 0.0377 e. The van der Waals surface area contributed by atoms with Gasteiger partial charge in [-0.1, -0.05) is 22.0 Å². The van der Waals surface area contributed by atoms with Crippen molar-refractivity contribution in [2.75, 3.05) is 18.0 Å². The van der Waals surface area contributed by atoms with Crippen molar-refractivity contribution in [3.63, 3.8) is 0 Å². The Morgan fingerprint density at radius 1 is 1.15 bits per heavy atom. The van der Waals surface area contributed by atoms with E-state index in [9.17, 15) is 0 Å². The van der Waals surface area contributed by atoms with Gasteiger partial charge in [0.05, 0.1) is 0 Å². The molecule has 0 atom stereocenters. The zero-order chi connectivity index (χ0) is 8.39. The van der Waals surface area contributed by atoms with E-state index in [1.807, 2.05) is 0 Å². The average molecular weight is 307 g/mol. The molecule has 2 rings (SSSR count). The Hall–Kier alpha value is -0.0200. The predicted octanol–water partition coefficient (Wildman–Crippen LogP) is 3.63. The maximum Gasteiger partial charge on any atom is 0.0377 e. The quantitative estimate of drug-likeness (QED) is 0.766. The van der Waals surface area contributed by atoms with Crippen LogP contribution in [0.15, 0.2) is 28.7 Å². The van der Waals surface area contributed by atoms with Crippen LogP contribution < -0.4 is 4.90 Å². The van der Waals surface area contributed by atoms with Gasteiger partial charge in [-0.05, 0) is 31.0 Å². The lowest BCUT2D eigenvalue weighted by Crippen LogP contribution is -2.17. The van der Waals surface area contributed by atoms with Crippen molar-refractivity contribution in [3.8, 4) is 0 Å². The van der Waals surface area contributed by atoms with Crippen molar-refractivity contribution < 1.29 is 0 Å². The summed E-state index contributed by atoms with van der Waals surface area (Å²) in [6.07, 6.45) is 2.68. The fraction of sp³-hybridized carbons (Fsp3) is 0.400. The molecule has 1 nitrogen and oxygen atoms in total. The second-order valence-corrected chi connectivity index (χ2v) is 4.09. The summed E-state index contributed by atoms with van der Waals surface area (Å²) in [6.45, 7) is 2.44. The average Bonchev–Trinajstić information content (AvgIpc) is 2.56. The second-order valence-electron chi connectivity index (χ2n) is 3.17. The molecule has 1 aromatic carbocycles. The van der Waals surface area contributed by atoms with Gasteiger partial charge in [0.15, 0.2) is 0 Å². The Bertz CT molecular complexity index is 269. The molecule has 1 heterocycles. The van der Waals surface area contributed by atoms with Crippen molar-refractivity contribution in [3.05, 3.63) is 28.7 Å². The molecule has 0 spiro atoms. The monoisotopic (exact) mass is 305 g/mol. The fourth-order valence-corrected chi connectivity index (χ4v) is 2.04. The van der Waals surface area contributed by atoms with Crippen molar-refractivity contribution >= 4 is 38.6 Å². The molecule has 0 N–H and O–H groups in total. The van der Waals surface area contributed by atoms with Gasteiger partial charge < -0.3 is 4.90 Å². The van der Waals surface area contributed by atoms with E-state index in [0.29, 0.717) is 0 Å². The van der Waals surface area contributed by atoms with Crippen LogP contribution in [0.4, 0.5) is 5.69 Å². The number of nitrogens with zero attached hydrogens (tertiary/aromatic N) is 1. The van der Waals surface area contributed by atoms with E-state index in [1.54, 1.807) is 0 Å². The first-order valence-corrected chi connectivity index (χ1v) is 5.16. The van der Waals surface area contributed by atoms with Gasteiger partial charge in [0.2, 0.25) is 0 Å². The number of benzene rings is 1. The highest BCUT2D eigenvalue weighted by molar-refractivity contribution is 9.10. The molecule has 72 valence electrons. The van der Waals surface area contributed by atoms with Crippen LogP contribution in [0.3, 0.4) is 0 Å². The van der Waals surface area contributed by atoms with E-state index in [0.717, 1.165) is 0 Å². The minimum absolute atomic E-state index is 0. The summed E-state index contributed by atoms with van der Waals surface area (Å²) < 4.78 is 1.17. The van der Waals surface area contributed by atoms with Gasteiger partial charge in [-0.15, -0.1) is 17.0 Å². The summed E-state index contributed by atoms with van der Waals surface area (Å²) >= 11 is 3.48. The summed E-state index contributed by atoms with van der Waals surface area (Å²) in [6, 6.07) is 8.53. The van der Waals surface area contributed by atoms with Crippen molar-refractivity contribution in [2.24, 2.45) is 0 Å². The lowest BCUT2D eigenvalue weighted by atomic mass is 10.3. The Labute approximate surface area is 98.0 Å². The van der Waals surface area contributed by atoms with Gasteiger partial charge in [-0.2, -0.15) is 0 Å². The zero-order valence-electron chi connectivity index (χ0n) is 7.37. The van der Waals surface area contributed by atoms with Gasteiger partial charge in [-0.25, -0.2) is 0 Å². The van der Waals surface area contributed by atoms with Crippen LogP contribution in [0.1, 0.15) is 12.8 Å². The molecule has 0 aromatic heterocycles. The third-order valence-electron chi connectivity index (χ3n) is 2.28. The van der Waals surface area contributed by atoms with Crippen LogP contribution in [0.25, 0.3) is 0 Å². The van der Waals surface area contributed by atoms with Crippen LogP contribution >= 0.6 is 32.9 Å². The lowest BCUT2D eigenvalue weighted by molar-refractivity contribution is 0.949. The zero-order valence-corrected chi connectivity index (χ0v) is 10.7. The number of hydrogen-bond acceptors (Lipinski definition) is 1. The van der Waals surface area contributed by atoms with E-state index in [4.69, 9.17) is 0 Å². The van der Waals surface area contributed by atoms with Gasteiger partial charge in [-0.3, -0.25) is 0 Å². The third-order valence-corrected chi connectivity index (χ3v) is 2.77. The van der Waals surface area contributed by atoms with E-state index in [2.05, 4.69) is 45.1 Å². The third kappa shape index (κ3) is 2.71. The number of hydrogen-bond donors (Lipinski definition) is 0. The molecule has 0 saturated carbocycles. The molecule has 3 heteroatoms. The van der Waals surface area contributed by atoms with Crippen LogP contribution in [0, 0.1) is 0 Å². The highest BCUT2D eigenvalue weighted by Crippen LogP contribution is 2.23. The molecule has 1 saturated heterocycles. The standard InChI is InChI=1S/C10H12BrN.BrH/c11-9-4-3-5-10(8-9)12-6-1-2-7-12;/h3-5,8H,1-2,6-7H2;1H. The first-order valence-electron chi connectivity index (χ1n) is 4.37. The molecule has 0 radical (unpaired) electrons. The SMILES string of the molecule is Br.Brc1cccc(N2CCCC2)c1. The normalized spacial score (nSPS) is 15.6. The first kappa shape index (κ1) is 11.1. The predicted molar refractivity (Wildman–Crippen MR) is 65.9 cm³/mol. The molecular formula is C10H13Br2N. The number of halogens is 2. The van der Waals surface area contributed by atoms with E-state index in [-0.39, 0.29) is 17.0 Å². The summed E-state index contributed by atoms with van der Waals surface area (Å²) in [5.41, 5.74) is 1.35. The molecule has 1 aliphatic rings. The summed E-state index contributed by atoms with van der Waals surface area (Å²) in [4.78, 5) is 2.44. The highest BCUT2D eigenvalue weighted by Gasteiger charge is 2.11. The Morgan fingerprint density at radius 2 is 1.85 bits per heavy atom. The van der Waals surface area contributed by atoms with E-state index < -0.39 is 0 Å². The summed E-state index contributed by atoms with van der Waals surface area (Å²) in [5.74, 6) is 0. The molecule has 1 aromatic rings. The lowest BCUT2D eigenvalue weighted by Gasteiger charge is -2.17. The van der Waals surface area contributed by atoms with Crippen LogP contribution in [0.2, 0.25) is 0 Å². The minimum Gasteiger partial charge on any atom is -0.372 e. The fourth-order valence-electron chi connectivity index (χ4n) is 1.65. The molecule has 0 bridgehead atoms. The number of anilines is 1. The van der Waals surface area contributed by atoms with Gasteiger partial charge in [0, 0.05) is 23.2 Å². The molecule has 1 fully saturated rings. The Balaban J connectivity index is 0.000000845. The van der Waals surface area contributed by atoms with Crippen molar-refractivity contribution in [2.45, 2.75) is 12.8 Å². The highest BCUT2D eigenvalue weighted by atomic mass is 79.9. The maximum atomic E-state index is 3.48. The summed E-state index contributed by atoms with van der Waals surface area (Å²) in [7, 11) is 0. The van der Waals surface area contributed by atoms with Crippen molar-refractivity contribution in [1.29, 1.82) is 0 Å². The van der Waals surface area contributed by atoms with Crippen LogP contribution in [-0.4, -0.2) is 13.1 Å². The van der Waals surface area contributed by atoms with E-state index in [1.165, 1.54) is 36.1 Å². The molecule has 1 aliphatic heterocycles. The maximum absolute atomic E-state index is 3.48. The molecule has 0 amide bonds. The van der Waals surface area contributed by atoms with Crippen molar-refractivity contribution in [1.82, 2.24) is 0 Å².